The largest absolute Gasteiger partial charge is 0.495 e. The van der Waals surface area contributed by atoms with Crippen molar-refractivity contribution in [3.05, 3.63) is 46.7 Å². The first-order valence-electron chi connectivity index (χ1n) is 8.54. The first-order chi connectivity index (χ1) is 12.7. The molecule has 26 heavy (non-hydrogen) atoms. The van der Waals surface area contributed by atoms with E-state index in [0.717, 1.165) is 17.0 Å². The Morgan fingerprint density at radius 3 is 2.58 bits per heavy atom. The van der Waals surface area contributed by atoms with E-state index in [1.165, 1.54) is 0 Å². The summed E-state index contributed by atoms with van der Waals surface area (Å²) in [5.74, 6) is 0.288. The molecular weight excluding hydrogens is 352 g/mol. The second kappa shape index (κ2) is 10.6. The summed E-state index contributed by atoms with van der Waals surface area (Å²) in [5, 5.41) is 10.5. The number of benzene rings is 1. The van der Waals surface area contributed by atoms with Gasteiger partial charge in [0, 0.05) is 17.7 Å². The fraction of sp³-hybridized carbons (Fsp3) is 0.368. The third-order valence-electron chi connectivity index (χ3n) is 3.99. The summed E-state index contributed by atoms with van der Waals surface area (Å²) in [4.78, 5) is 26.7. The molecule has 1 heterocycles. The summed E-state index contributed by atoms with van der Waals surface area (Å²) in [5.41, 5.74) is 2.37. The third kappa shape index (κ3) is 5.86. The van der Waals surface area contributed by atoms with Gasteiger partial charge in [-0.15, -0.1) is 11.3 Å². The van der Waals surface area contributed by atoms with Crippen molar-refractivity contribution in [1.29, 1.82) is 0 Å². The first kappa shape index (κ1) is 19.9. The van der Waals surface area contributed by atoms with Crippen LogP contribution in [0.3, 0.4) is 0 Å². The minimum atomic E-state index is -0.398. The van der Waals surface area contributed by atoms with Crippen molar-refractivity contribution in [3.63, 3.8) is 0 Å². The molecule has 2 amide bonds. The number of anilines is 1. The van der Waals surface area contributed by atoms with Crippen LogP contribution < -0.4 is 15.1 Å². The van der Waals surface area contributed by atoms with E-state index in [9.17, 15) is 9.59 Å². The lowest BCUT2D eigenvalue weighted by molar-refractivity contribution is -0.129. The molecule has 0 bridgehead atoms. The second-order valence-corrected chi connectivity index (χ2v) is 6.86. The molecule has 1 aromatic heterocycles. The highest BCUT2D eigenvalue weighted by molar-refractivity contribution is 7.09. The van der Waals surface area contributed by atoms with Crippen LogP contribution in [-0.4, -0.2) is 24.1 Å². The van der Waals surface area contributed by atoms with Crippen molar-refractivity contribution in [1.82, 2.24) is 5.48 Å². The van der Waals surface area contributed by atoms with E-state index in [4.69, 9.17) is 9.94 Å². The molecule has 7 heteroatoms. The van der Waals surface area contributed by atoms with Gasteiger partial charge < -0.3 is 9.64 Å². The maximum Gasteiger partial charge on any atom is 0.243 e. The Kier molecular flexibility index (Phi) is 8.11. The number of nitrogens with one attached hydrogen (secondary N) is 1. The summed E-state index contributed by atoms with van der Waals surface area (Å²) in [6.45, 7) is 0.504. The van der Waals surface area contributed by atoms with E-state index in [1.54, 1.807) is 28.8 Å². The highest BCUT2D eigenvalue weighted by atomic mass is 32.1. The third-order valence-corrected chi connectivity index (χ3v) is 4.85. The molecule has 0 radical (unpaired) electrons. The summed E-state index contributed by atoms with van der Waals surface area (Å²) >= 11 is 1.61. The van der Waals surface area contributed by atoms with Gasteiger partial charge in [0.25, 0.3) is 0 Å². The molecule has 1 aromatic carbocycles. The predicted octanol–water partition coefficient (Wildman–Crippen LogP) is 3.75. The topological polar surface area (TPSA) is 78.9 Å². The second-order valence-electron chi connectivity index (χ2n) is 5.83. The molecular formula is C19H24N2O4S. The van der Waals surface area contributed by atoms with Gasteiger partial charge in [0.2, 0.25) is 11.8 Å². The number of methoxy groups -OCH3 is 1. The Morgan fingerprint density at radius 1 is 1.12 bits per heavy atom. The Morgan fingerprint density at radius 2 is 1.88 bits per heavy atom. The highest BCUT2D eigenvalue weighted by Crippen LogP contribution is 2.30. The highest BCUT2D eigenvalue weighted by Gasteiger charge is 2.19. The van der Waals surface area contributed by atoms with Gasteiger partial charge in [0.1, 0.15) is 5.75 Å². The van der Waals surface area contributed by atoms with Crippen LogP contribution in [0.4, 0.5) is 5.69 Å². The van der Waals surface area contributed by atoms with E-state index in [2.05, 4.69) is 0 Å². The summed E-state index contributed by atoms with van der Waals surface area (Å²) in [6, 6.07) is 11.5. The van der Waals surface area contributed by atoms with Gasteiger partial charge in [0.15, 0.2) is 0 Å². The number of unbranched alkanes of at least 4 members (excludes halogenated alkanes) is 2. The lowest BCUT2D eigenvalue weighted by atomic mass is 10.1. The van der Waals surface area contributed by atoms with Crippen LogP contribution in [0, 0.1) is 0 Å². The number of hydroxylamine groups is 1. The monoisotopic (exact) mass is 376 g/mol. The zero-order valence-electron chi connectivity index (χ0n) is 14.8. The van der Waals surface area contributed by atoms with Gasteiger partial charge in [0.05, 0.1) is 19.3 Å². The zero-order chi connectivity index (χ0) is 18.8. The van der Waals surface area contributed by atoms with Gasteiger partial charge >= 0.3 is 0 Å². The van der Waals surface area contributed by atoms with E-state index < -0.39 is 5.91 Å². The van der Waals surface area contributed by atoms with Gasteiger partial charge in [-0.05, 0) is 36.4 Å². The Balaban J connectivity index is 2.01. The Labute approximate surface area is 157 Å². The Hall–Kier alpha value is -2.38. The van der Waals surface area contributed by atoms with E-state index in [1.807, 2.05) is 41.8 Å². The minimum absolute atomic E-state index is 0.0227. The number of ether oxygens (including phenoxy) is 1. The predicted molar refractivity (Wildman–Crippen MR) is 102 cm³/mol. The average molecular weight is 376 g/mol. The smallest absolute Gasteiger partial charge is 0.243 e. The number of amides is 2. The van der Waals surface area contributed by atoms with Crippen molar-refractivity contribution in [2.24, 2.45) is 0 Å². The average Bonchev–Trinajstić information content (AvgIpc) is 3.18. The zero-order valence-corrected chi connectivity index (χ0v) is 15.6. The molecule has 0 unspecified atom stereocenters. The molecule has 0 aliphatic rings. The molecule has 0 aliphatic heterocycles. The van der Waals surface area contributed by atoms with E-state index in [-0.39, 0.29) is 12.3 Å². The minimum Gasteiger partial charge on any atom is -0.495 e. The van der Waals surface area contributed by atoms with Crippen LogP contribution >= 0.6 is 11.3 Å². The molecule has 0 spiro atoms. The number of thiophene rings is 1. The van der Waals surface area contributed by atoms with Gasteiger partial charge in [-0.1, -0.05) is 24.6 Å². The number of hydrogen-bond donors (Lipinski definition) is 2. The normalized spacial score (nSPS) is 10.4. The van der Waals surface area contributed by atoms with Crippen LogP contribution in [0.2, 0.25) is 0 Å². The maximum atomic E-state index is 12.8. The maximum absolute atomic E-state index is 12.8. The van der Waals surface area contributed by atoms with Gasteiger partial charge in [-0.2, -0.15) is 0 Å². The molecule has 6 nitrogen and oxygen atoms in total. The van der Waals surface area contributed by atoms with Crippen LogP contribution in [0.1, 0.15) is 37.0 Å². The summed E-state index contributed by atoms with van der Waals surface area (Å²) in [7, 11) is 1.60. The lowest BCUT2D eigenvalue weighted by Gasteiger charge is -2.24. The summed E-state index contributed by atoms with van der Waals surface area (Å²) in [6.07, 6.45) is 2.73. The van der Waals surface area contributed by atoms with Crippen molar-refractivity contribution in [3.8, 4) is 5.75 Å². The molecule has 2 aromatic rings. The molecule has 2 N–H and O–H groups in total. The van der Waals surface area contributed by atoms with Crippen LogP contribution in [0.5, 0.6) is 5.75 Å². The molecule has 0 saturated heterocycles. The van der Waals surface area contributed by atoms with Crippen molar-refractivity contribution >= 4 is 28.8 Å². The van der Waals surface area contributed by atoms with Crippen molar-refractivity contribution in [2.45, 2.75) is 38.6 Å². The van der Waals surface area contributed by atoms with Crippen molar-refractivity contribution < 1.29 is 19.5 Å². The molecule has 0 saturated carbocycles. The molecule has 0 fully saturated rings. The Bertz CT molecular complexity index is 703. The van der Waals surface area contributed by atoms with Crippen LogP contribution in [-0.2, 0) is 16.1 Å². The molecule has 0 atom stereocenters. The quantitative estimate of drug-likeness (QED) is 0.376. The van der Waals surface area contributed by atoms with Crippen LogP contribution in [0.25, 0.3) is 0 Å². The van der Waals surface area contributed by atoms with Gasteiger partial charge in [-0.3, -0.25) is 14.8 Å². The number of hydrogen-bond acceptors (Lipinski definition) is 5. The number of carbonyl (C=O) groups is 2. The summed E-state index contributed by atoms with van der Waals surface area (Å²) < 4.78 is 5.42. The first-order valence-corrected chi connectivity index (χ1v) is 9.42. The number of para-hydroxylation sites is 2. The van der Waals surface area contributed by atoms with Crippen LogP contribution in [0.15, 0.2) is 41.8 Å². The van der Waals surface area contributed by atoms with Crippen molar-refractivity contribution in [2.75, 3.05) is 12.0 Å². The number of nitrogens with zero attached hydrogens (tertiary/aromatic N) is 1. The van der Waals surface area contributed by atoms with E-state index >= 15 is 0 Å². The molecule has 0 aliphatic carbocycles. The molecule has 140 valence electrons. The fourth-order valence-corrected chi connectivity index (χ4v) is 3.34. The SMILES string of the molecule is COc1ccccc1N(Cc1cccs1)C(=O)CCCCCC(=O)NO. The standard InChI is InChI=1S/C19H24N2O4S/c1-25-17-10-6-5-9-16(17)21(14-15-8-7-13-26-15)19(23)12-4-2-3-11-18(22)20-24/h5-10,13,24H,2-4,11-12,14H2,1H3,(H,20,22). The van der Waals surface area contributed by atoms with E-state index in [0.29, 0.717) is 31.6 Å². The number of rotatable bonds is 10. The molecule has 2 rings (SSSR count). The lowest BCUT2D eigenvalue weighted by Crippen LogP contribution is -2.30. The van der Waals surface area contributed by atoms with Gasteiger partial charge in [-0.25, -0.2) is 5.48 Å². The number of carbonyl (C=O) groups excluding carboxylic acids is 2. The fourth-order valence-electron chi connectivity index (χ4n) is 2.65.